The van der Waals surface area contributed by atoms with Crippen LogP contribution in [0.4, 0.5) is 10.5 Å². The Morgan fingerprint density at radius 2 is 1.74 bits per heavy atom. The van der Waals surface area contributed by atoms with Gasteiger partial charge in [0.2, 0.25) is 5.69 Å². The number of hydrogen-bond acceptors (Lipinski definition) is 7. The Labute approximate surface area is 229 Å². The molecule has 10 heteroatoms. The molecule has 0 fully saturated rings. The molecule has 0 aliphatic rings. The number of benzene rings is 3. The van der Waals surface area contributed by atoms with Crippen LogP contribution in [0.15, 0.2) is 83.4 Å². The molecule has 1 aromatic heterocycles. The minimum Gasteiger partial charge on any atom is -0.479 e. The lowest BCUT2D eigenvalue weighted by Crippen LogP contribution is -2.26. The van der Waals surface area contributed by atoms with E-state index in [9.17, 15) is 20.0 Å². The number of carboxylic acids is 1. The quantitative estimate of drug-likeness (QED) is 0.234. The number of nitrogens with zero attached hydrogens (tertiary/aromatic N) is 2. The van der Waals surface area contributed by atoms with E-state index >= 15 is 0 Å². The molecule has 9 nitrogen and oxygen atoms in total. The monoisotopic (exact) mass is 545 g/mol. The van der Waals surface area contributed by atoms with Gasteiger partial charge >= 0.3 is 12.1 Å². The smallest absolute Gasteiger partial charge is 0.412 e. The van der Waals surface area contributed by atoms with E-state index in [0.717, 1.165) is 11.1 Å². The van der Waals surface area contributed by atoms with Crippen LogP contribution in [0.25, 0.3) is 11.3 Å². The minimum atomic E-state index is -1.05. The molecule has 0 aliphatic carbocycles. The molecule has 1 amide bonds. The van der Waals surface area contributed by atoms with E-state index < -0.39 is 24.3 Å². The maximum Gasteiger partial charge on any atom is 0.412 e. The van der Waals surface area contributed by atoms with Crippen molar-refractivity contribution in [3.63, 3.8) is 0 Å². The first kappa shape index (κ1) is 27.4. The molecule has 2 atom stereocenters. The molecule has 198 valence electrons. The number of nitrogens with one attached hydrogen (secondary N) is 1. The van der Waals surface area contributed by atoms with E-state index in [2.05, 4.69) is 10.5 Å². The molecule has 2 N–H and O–H groups in total. The fourth-order valence-electron chi connectivity index (χ4n) is 3.83. The Morgan fingerprint density at radius 1 is 1.05 bits per heavy atom. The summed E-state index contributed by atoms with van der Waals surface area (Å²) in [6, 6.07) is 25.0. The lowest BCUT2D eigenvalue weighted by atomic mass is 10.1. The van der Waals surface area contributed by atoms with E-state index in [-0.39, 0.29) is 30.2 Å². The first-order chi connectivity index (χ1) is 18.9. The molecule has 3 aromatic carbocycles. The Balaban J connectivity index is 1.43. The second-order valence-corrected chi connectivity index (χ2v) is 8.97. The number of amides is 1. The SMILES string of the molecule is CC(OC(=O)Nc1c(C#N)noc1-c1ccc(COC(Cc2ccccc2)C(=O)O)cc1)c1ccccc1Cl. The number of rotatable bonds is 10. The molecule has 4 aromatic rings. The van der Waals surface area contributed by atoms with E-state index in [0.29, 0.717) is 16.1 Å². The number of anilines is 1. The fourth-order valence-corrected chi connectivity index (χ4v) is 4.12. The summed E-state index contributed by atoms with van der Waals surface area (Å²) in [5.41, 5.74) is 2.68. The number of hydrogen-bond donors (Lipinski definition) is 2. The topological polar surface area (TPSA) is 135 Å². The highest BCUT2D eigenvalue weighted by Crippen LogP contribution is 2.32. The second kappa shape index (κ2) is 12.7. The summed E-state index contributed by atoms with van der Waals surface area (Å²) in [5.74, 6) is -0.888. The van der Waals surface area contributed by atoms with Crippen molar-refractivity contribution in [1.82, 2.24) is 5.16 Å². The summed E-state index contributed by atoms with van der Waals surface area (Å²) >= 11 is 6.18. The van der Waals surface area contributed by atoms with Crippen LogP contribution in [0.5, 0.6) is 0 Å². The lowest BCUT2D eigenvalue weighted by Gasteiger charge is -2.15. The van der Waals surface area contributed by atoms with Gasteiger partial charge in [-0.2, -0.15) is 5.26 Å². The van der Waals surface area contributed by atoms with Crippen molar-refractivity contribution in [2.75, 3.05) is 5.32 Å². The van der Waals surface area contributed by atoms with E-state index in [4.69, 9.17) is 25.6 Å². The van der Waals surface area contributed by atoms with Crippen molar-refractivity contribution in [2.45, 2.75) is 32.2 Å². The molecule has 2 unspecified atom stereocenters. The molecule has 4 rings (SSSR count). The second-order valence-electron chi connectivity index (χ2n) is 8.57. The molecular weight excluding hydrogens is 522 g/mol. The summed E-state index contributed by atoms with van der Waals surface area (Å²) in [6.07, 6.45) is -2.23. The number of carboxylic acid groups (broad SMARTS) is 1. The highest BCUT2D eigenvalue weighted by molar-refractivity contribution is 6.31. The van der Waals surface area contributed by atoms with Crippen LogP contribution in [0.2, 0.25) is 5.02 Å². The van der Waals surface area contributed by atoms with E-state index in [1.54, 1.807) is 55.5 Å². The zero-order valence-electron chi connectivity index (χ0n) is 20.8. The van der Waals surface area contributed by atoms with Crippen molar-refractivity contribution >= 4 is 29.4 Å². The summed E-state index contributed by atoms with van der Waals surface area (Å²) in [5, 5.41) is 25.7. The van der Waals surface area contributed by atoms with Gasteiger partial charge in [-0.15, -0.1) is 0 Å². The largest absolute Gasteiger partial charge is 0.479 e. The Morgan fingerprint density at radius 3 is 2.41 bits per heavy atom. The molecule has 0 aliphatic heterocycles. The van der Waals surface area contributed by atoms with Crippen molar-refractivity contribution in [1.29, 1.82) is 5.26 Å². The third-order valence-corrected chi connectivity index (χ3v) is 6.20. The fraction of sp³-hybridized carbons (Fsp3) is 0.172. The van der Waals surface area contributed by atoms with Crippen molar-refractivity contribution < 1.29 is 28.7 Å². The van der Waals surface area contributed by atoms with Crippen LogP contribution in [0.1, 0.15) is 35.4 Å². The summed E-state index contributed by atoms with van der Waals surface area (Å²) < 4.78 is 16.4. The van der Waals surface area contributed by atoms with Crippen molar-refractivity contribution in [2.24, 2.45) is 0 Å². The number of aromatic nitrogens is 1. The first-order valence-electron chi connectivity index (χ1n) is 11.9. The number of halogens is 1. The summed E-state index contributed by atoms with van der Waals surface area (Å²) in [7, 11) is 0. The molecule has 0 saturated carbocycles. The maximum atomic E-state index is 12.6. The number of carbonyl (C=O) groups is 2. The van der Waals surface area contributed by atoms with Gasteiger partial charge in [0, 0.05) is 22.6 Å². The van der Waals surface area contributed by atoms with Crippen molar-refractivity contribution in [3.8, 4) is 17.4 Å². The van der Waals surface area contributed by atoms with Crippen LogP contribution in [-0.2, 0) is 27.3 Å². The molecule has 0 bridgehead atoms. The highest BCUT2D eigenvalue weighted by atomic mass is 35.5. The highest BCUT2D eigenvalue weighted by Gasteiger charge is 2.23. The van der Waals surface area contributed by atoms with Gasteiger partial charge in [0.05, 0.1) is 6.61 Å². The van der Waals surface area contributed by atoms with Gasteiger partial charge in [0.25, 0.3) is 0 Å². The van der Waals surface area contributed by atoms with E-state index in [1.807, 2.05) is 36.4 Å². The third-order valence-electron chi connectivity index (χ3n) is 5.86. The number of nitriles is 1. The van der Waals surface area contributed by atoms with Crippen LogP contribution < -0.4 is 5.32 Å². The maximum absolute atomic E-state index is 12.6. The number of ether oxygens (including phenoxy) is 2. The Hall–Kier alpha value is -4.65. The molecule has 0 radical (unpaired) electrons. The van der Waals surface area contributed by atoms with Gasteiger partial charge in [0.1, 0.15) is 17.9 Å². The van der Waals surface area contributed by atoms with Gasteiger partial charge < -0.3 is 19.1 Å². The standard InChI is InChI=1S/C29H24ClN3O6/c1-18(22-9-5-6-10-23(22)30)38-29(36)32-26-24(16-31)33-39-27(26)21-13-11-20(12-14-21)17-37-25(28(34)35)15-19-7-3-2-4-8-19/h2-14,18,25H,15,17H2,1H3,(H,32,36)(H,34,35). The zero-order chi connectivity index (χ0) is 27.8. The average Bonchev–Trinajstić information content (AvgIpc) is 3.34. The van der Waals surface area contributed by atoms with Gasteiger partial charge in [-0.05, 0) is 24.1 Å². The summed E-state index contributed by atoms with van der Waals surface area (Å²) in [6.45, 7) is 1.75. The van der Waals surface area contributed by atoms with Gasteiger partial charge in [-0.1, -0.05) is 89.6 Å². The first-order valence-corrected chi connectivity index (χ1v) is 12.3. The lowest BCUT2D eigenvalue weighted by molar-refractivity contribution is -0.151. The van der Waals surface area contributed by atoms with Gasteiger partial charge in [0.15, 0.2) is 11.9 Å². The predicted octanol–water partition coefficient (Wildman–Crippen LogP) is 6.39. The normalized spacial score (nSPS) is 12.2. The molecule has 39 heavy (non-hydrogen) atoms. The minimum absolute atomic E-state index is 0.0617. The molecule has 0 spiro atoms. The predicted molar refractivity (Wildman–Crippen MR) is 143 cm³/mol. The van der Waals surface area contributed by atoms with Crippen LogP contribution in [0.3, 0.4) is 0 Å². The van der Waals surface area contributed by atoms with Crippen LogP contribution in [0, 0.1) is 11.3 Å². The van der Waals surface area contributed by atoms with Gasteiger partial charge in [-0.25, -0.2) is 9.59 Å². The molecule has 1 heterocycles. The van der Waals surface area contributed by atoms with Crippen LogP contribution >= 0.6 is 11.6 Å². The van der Waals surface area contributed by atoms with Gasteiger partial charge in [-0.3, -0.25) is 5.32 Å². The number of aliphatic carboxylic acids is 1. The summed E-state index contributed by atoms with van der Waals surface area (Å²) in [4.78, 5) is 24.3. The molecular formula is C29H24ClN3O6. The average molecular weight is 546 g/mol. The Bertz CT molecular complexity index is 1480. The number of carbonyl (C=O) groups excluding carboxylic acids is 1. The molecule has 0 saturated heterocycles. The third kappa shape index (κ3) is 7.02. The Kier molecular flexibility index (Phi) is 8.94. The van der Waals surface area contributed by atoms with Crippen LogP contribution in [-0.4, -0.2) is 28.4 Å². The zero-order valence-corrected chi connectivity index (χ0v) is 21.6. The van der Waals surface area contributed by atoms with E-state index in [1.165, 1.54) is 0 Å². The van der Waals surface area contributed by atoms with Crippen molar-refractivity contribution in [3.05, 3.63) is 106 Å².